The molecule has 1 amide bonds. The molecule has 0 aromatic carbocycles. The average Bonchev–Trinajstić information content (AvgIpc) is 3.24. The van der Waals surface area contributed by atoms with Crippen LogP contribution in [0.4, 0.5) is 0 Å². The van der Waals surface area contributed by atoms with Gasteiger partial charge in [-0.1, -0.05) is 271 Å². The number of quaternary nitrogens is 1. The van der Waals surface area contributed by atoms with Crippen molar-refractivity contribution in [2.24, 2.45) is 0 Å². The number of hydrogen-bond acceptors (Lipinski definition) is 6. The number of aliphatic hydroxyl groups excluding tert-OH is 1. The zero-order chi connectivity index (χ0) is 46.4. The van der Waals surface area contributed by atoms with Gasteiger partial charge in [0.25, 0.3) is 7.82 Å². The SMILES string of the molecule is CCCCCCCCCCCCCCCCCCCCCCCCCCCCCCCCCCC(=O)N[C@@H](COP(=O)([O-])OCC[N+](C)(C)C)[C@H](O)CCCCCCCCCCC. The summed E-state index contributed by atoms with van der Waals surface area (Å²) in [5.74, 6) is -0.160. The minimum Gasteiger partial charge on any atom is -0.756 e. The first-order chi connectivity index (χ1) is 30.5. The van der Waals surface area contributed by atoms with E-state index in [2.05, 4.69) is 19.2 Å². The molecular weight excluding hydrogens is 804 g/mol. The summed E-state index contributed by atoms with van der Waals surface area (Å²) in [6, 6.07) is -0.792. The lowest BCUT2D eigenvalue weighted by molar-refractivity contribution is -0.870. The Labute approximate surface area is 393 Å². The highest BCUT2D eigenvalue weighted by Gasteiger charge is 2.24. The number of phosphoric ester groups is 1. The Balaban J connectivity index is 3.85. The summed E-state index contributed by atoms with van der Waals surface area (Å²) in [6.07, 6.45) is 54.5. The first-order valence-corrected chi connectivity index (χ1v) is 29.3. The number of nitrogens with one attached hydrogen (secondary N) is 1. The van der Waals surface area contributed by atoms with Crippen molar-refractivity contribution in [1.29, 1.82) is 0 Å². The molecule has 2 N–H and O–H groups in total. The third-order valence-corrected chi connectivity index (χ3v) is 14.1. The highest BCUT2D eigenvalue weighted by Crippen LogP contribution is 2.38. The van der Waals surface area contributed by atoms with Crippen molar-refractivity contribution < 1.29 is 32.9 Å². The van der Waals surface area contributed by atoms with Crippen LogP contribution < -0.4 is 10.2 Å². The number of carbonyl (C=O) groups is 1. The summed E-state index contributed by atoms with van der Waals surface area (Å²) >= 11 is 0. The van der Waals surface area contributed by atoms with Gasteiger partial charge in [0.15, 0.2) is 0 Å². The number of unbranched alkanes of at least 4 members (excludes halogenated alkanes) is 39. The third kappa shape index (κ3) is 49.2. The number of carbonyl (C=O) groups excluding carboxylic acids is 1. The molecule has 0 bridgehead atoms. The molecule has 0 fully saturated rings. The first kappa shape index (κ1) is 62.5. The molecule has 3 atom stereocenters. The molecule has 378 valence electrons. The Morgan fingerprint density at radius 3 is 1.08 bits per heavy atom. The van der Waals surface area contributed by atoms with Crippen LogP contribution in [0.2, 0.25) is 0 Å². The molecule has 0 saturated carbocycles. The molecule has 0 heterocycles. The van der Waals surface area contributed by atoms with Crippen molar-refractivity contribution in [1.82, 2.24) is 5.32 Å². The van der Waals surface area contributed by atoms with Crippen LogP contribution in [0.25, 0.3) is 0 Å². The van der Waals surface area contributed by atoms with Gasteiger partial charge in [0, 0.05) is 6.42 Å². The van der Waals surface area contributed by atoms with E-state index in [9.17, 15) is 19.4 Å². The fourth-order valence-corrected chi connectivity index (χ4v) is 9.41. The number of likely N-dealkylation sites (N-methyl/N-ethyl adjacent to an activating group) is 1. The highest BCUT2D eigenvalue weighted by atomic mass is 31.2. The molecule has 0 rings (SSSR count). The zero-order valence-corrected chi connectivity index (χ0v) is 44.0. The van der Waals surface area contributed by atoms with Gasteiger partial charge in [0.1, 0.15) is 13.2 Å². The van der Waals surface area contributed by atoms with Gasteiger partial charge in [-0.3, -0.25) is 9.36 Å². The van der Waals surface area contributed by atoms with Crippen LogP contribution >= 0.6 is 7.82 Å². The molecule has 0 saturated heterocycles. The van der Waals surface area contributed by atoms with E-state index in [0.29, 0.717) is 23.9 Å². The van der Waals surface area contributed by atoms with E-state index < -0.39 is 20.0 Å². The van der Waals surface area contributed by atoms with Crippen LogP contribution in [-0.2, 0) is 18.4 Å². The number of amides is 1. The van der Waals surface area contributed by atoms with Crippen molar-refractivity contribution in [3.8, 4) is 0 Å². The number of nitrogens with zero attached hydrogens (tertiary/aromatic N) is 1. The topological polar surface area (TPSA) is 108 Å². The summed E-state index contributed by atoms with van der Waals surface area (Å²) in [4.78, 5) is 25.4. The monoisotopic (exact) mass is 915 g/mol. The second-order valence-corrected chi connectivity index (χ2v) is 22.1. The van der Waals surface area contributed by atoms with Crippen molar-refractivity contribution >= 4 is 13.7 Å². The Kier molecular flexibility index (Phi) is 46.2. The quantitative estimate of drug-likeness (QED) is 0.0357. The molecule has 0 spiro atoms. The van der Waals surface area contributed by atoms with Crippen molar-refractivity contribution in [3.63, 3.8) is 0 Å². The van der Waals surface area contributed by atoms with Crippen LogP contribution in [0.3, 0.4) is 0 Å². The van der Waals surface area contributed by atoms with Crippen molar-refractivity contribution in [3.05, 3.63) is 0 Å². The average molecular weight is 915 g/mol. The Bertz CT molecular complexity index is 994. The smallest absolute Gasteiger partial charge is 0.268 e. The van der Waals surface area contributed by atoms with Crippen LogP contribution in [0.1, 0.15) is 290 Å². The van der Waals surface area contributed by atoms with Crippen molar-refractivity contribution in [2.45, 2.75) is 302 Å². The Morgan fingerprint density at radius 2 is 0.778 bits per heavy atom. The lowest BCUT2D eigenvalue weighted by atomic mass is 10.0. The van der Waals surface area contributed by atoms with Gasteiger partial charge in [0.2, 0.25) is 5.91 Å². The van der Waals surface area contributed by atoms with Gasteiger partial charge in [-0.15, -0.1) is 0 Å². The van der Waals surface area contributed by atoms with E-state index in [-0.39, 0.29) is 19.1 Å². The molecule has 0 aromatic heterocycles. The molecule has 0 aliphatic heterocycles. The summed E-state index contributed by atoms with van der Waals surface area (Å²) in [5.41, 5.74) is 0. The van der Waals surface area contributed by atoms with Gasteiger partial charge < -0.3 is 28.8 Å². The van der Waals surface area contributed by atoms with Crippen LogP contribution in [0.15, 0.2) is 0 Å². The van der Waals surface area contributed by atoms with Gasteiger partial charge in [-0.25, -0.2) is 0 Å². The van der Waals surface area contributed by atoms with Gasteiger partial charge >= 0.3 is 0 Å². The van der Waals surface area contributed by atoms with Crippen LogP contribution in [0, 0.1) is 0 Å². The normalized spacial score (nSPS) is 14.0. The minimum absolute atomic E-state index is 0.0159. The fraction of sp³-hybridized carbons (Fsp3) is 0.981. The fourth-order valence-electron chi connectivity index (χ4n) is 8.69. The van der Waals surface area contributed by atoms with E-state index in [0.717, 1.165) is 38.5 Å². The molecule has 8 nitrogen and oxygen atoms in total. The third-order valence-electron chi connectivity index (χ3n) is 13.1. The van der Waals surface area contributed by atoms with E-state index in [1.54, 1.807) is 0 Å². The van der Waals surface area contributed by atoms with Gasteiger partial charge in [-0.2, -0.15) is 0 Å². The molecule has 0 aliphatic carbocycles. The Morgan fingerprint density at radius 1 is 0.492 bits per heavy atom. The molecule has 1 unspecified atom stereocenters. The lowest BCUT2D eigenvalue weighted by Gasteiger charge is -2.30. The number of rotatable bonds is 52. The maximum absolute atomic E-state index is 12.9. The summed E-state index contributed by atoms with van der Waals surface area (Å²) < 4.78 is 23.3. The molecule has 63 heavy (non-hydrogen) atoms. The lowest BCUT2D eigenvalue weighted by Crippen LogP contribution is -2.46. The molecule has 9 heteroatoms. The second kappa shape index (κ2) is 46.6. The standard InChI is InChI=1S/C54H111N2O6P/c1-6-8-10-12-14-16-17-18-19-20-21-22-23-24-25-26-27-28-29-30-31-32-33-34-35-36-37-38-40-42-44-46-48-54(58)55-52(51-62-63(59,60)61-50-49-56(3,4)5)53(57)47-45-43-41-39-15-13-11-9-7-2/h52-53,57H,6-51H2,1-5H3,(H-,55,58,59,60)/t52-,53+/m0/s1. The maximum Gasteiger partial charge on any atom is 0.268 e. The number of aliphatic hydroxyl groups is 1. The zero-order valence-electron chi connectivity index (χ0n) is 43.1. The van der Waals surface area contributed by atoms with E-state index >= 15 is 0 Å². The highest BCUT2D eigenvalue weighted by molar-refractivity contribution is 7.45. The van der Waals surface area contributed by atoms with E-state index in [1.807, 2.05) is 21.1 Å². The number of hydrogen-bond donors (Lipinski definition) is 2. The second-order valence-electron chi connectivity index (χ2n) is 20.7. The molecule has 0 aromatic rings. The summed E-state index contributed by atoms with van der Waals surface area (Å²) in [5, 5.41) is 13.9. The minimum atomic E-state index is -4.56. The number of phosphoric acid groups is 1. The summed E-state index contributed by atoms with van der Waals surface area (Å²) in [6.45, 7) is 4.73. The maximum atomic E-state index is 12.9. The predicted octanol–water partition coefficient (Wildman–Crippen LogP) is 15.9. The molecule has 0 aliphatic rings. The van der Waals surface area contributed by atoms with E-state index in [1.165, 1.54) is 225 Å². The van der Waals surface area contributed by atoms with Crippen LogP contribution in [0.5, 0.6) is 0 Å². The van der Waals surface area contributed by atoms with E-state index in [4.69, 9.17) is 9.05 Å². The van der Waals surface area contributed by atoms with Gasteiger partial charge in [0.05, 0.1) is 39.9 Å². The van der Waals surface area contributed by atoms with Crippen LogP contribution in [-0.4, -0.2) is 68.5 Å². The van der Waals surface area contributed by atoms with Crippen molar-refractivity contribution in [2.75, 3.05) is 40.9 Å². The predicted molar refractivity (Wildman–Crippen MR) is 270 cm³/mol. The largest absolute Gasteiger partial charge is 0.756 e. The molecule has 0 radical (unpaired) electrons. The summed E-state index contributed by atoms with van der Waals surface area (Å²) in [7, 11) is 1.32. The van der Waals surface area contributed by atoms with Gasteiger partial charge in [-0.05, 0) is 12.8 Å². The molecular formula is C54H111N2O6P. The first-order valence-electron chi connectivity index (χ1n) is 27.9. The Hall–Kier alpha value is -0.500.